The Morgan fingerprint density at radius 2 is 1.94 bits per heavy atom. The van der Waals surface area contributed by atoms with Crippen LogP contribution in [0.3, 0.4) is 0 Å². The summed E-state index contributed by atoms with van der Waals surface area (Å²) in [5, 5.41) is 2.72. The van der Waals surface area contributed by atoms with Crippen LogP contribution in [0.4, 0.5) is 13.2 Å². The molecule has 2 aliphatic rings. The topological polar surface area (TPSA) is 38.0 Å². The van der Waals surface area contributed by atoms with E-state index in [0.29, 0.717) is 12.5 Å². The minimum atomic E-state index is -4.09. The predicted molar refractivity (Wildman–Crippen MR) is 56.0 cm³/mol. The first-order chi connectivity index (χ1) is 7.43. The maximum absolute atomic E-state index is 12.6. The van der Waals surface area contributed by atoms with Gasteiger partial charge in [-0.3, -0.25) is 0 Å². The van der Waals surface area contributed by atoms with Gasteiger partial charge in [-0.15, -0.1) is 0 Å². The first-order valence-corrected chi connectivity index (χ1v) is 6.00. The average Bonchev–Trinajstić information content (AvgIpc) is 2.94. The van der Waals surface area contributed by atoms with Crippen molar-refractivity contribution in [3.05, 3.63) is 0 Å². The highest BCUT2D eigenvalue weighted by atomic mass is 19.4. The molecule has 0 aromatic rings. The third-order valence-electron chi connectivity index (χ3n) is 3.85. The molecular formula is C11H19F3N2. The van der Waals surface area contributed by atoms with Crippen LogP contribution in [0.1, 0.15) is 38.5 Å². The summed E-state index contributed by atoms with van der Waals surface area (Å²) in [5.41, 5.74) is 4.25. The number of alkyl halides is 3. The minimum absolute atomic E-state index is 0.182. The molecule has 0 amide bonds. The van der Waals surface area contributed by atoms with Crippen molar-refractivity contribution in [3.63, 3.8) is 0 Å². The van der Waals surface area contributed by atoms with Crippen molar-refractivity contribution in [1.29, 1.82) is 0 Å². The van der Waals surface area contributed by atoms with Gasteiger partial charge < -0.3 is 11.1 Å². The third kappa shape index (κ3) is 2.51. The zero-order valence-electron chi connectivity index (χ0n) is 9.32. The van der Waals surface area contributed by atoms with Crippen molar-refractivity contribution in [2.75, 3.05) is 6.54 Å². The van der Waals surface area contributed by atoms with Crippen LogP contribution >= 0.6 is 0 Å². The van der Waals surface area contributed by atoms with Gasteiger partial charge in [-0.05, 0) is 44.6 Å². The van der Waals surface area contributed by atoms with Gasteiger partial charge in [0.05, 0.1) is 0 Å². The largest absolute Gasteiger partial charge is 0.406 e. The molecule has 2 rings (SSSR count). The van der Waals surface area contributed by atoms with Crippen LogP contribution in [0.15, 0.2) is 0 Å². The molecule has 2 saturated carbocycles. The van der Waals surface area contributed by atoms with E-state index in [1.807, 2.05) is 0 Å². The van der Waals surface area contributed by atoms with Crippen molar-refractivity contribution in [3.8, 4) is 0 Å². The second-order valence-electron chi connectivity index (χ2n) is 5.25. The Hall–Kier alpha value is -0.290. The summed E-state index contributed by atoms with van der Waals surface area (Å²) in [7, 11) is 0. The lowest BCUT2D eigenvalue weighted by molar-refractivity contribution is -0.166. The van der Waals surface area contributed by atoms with E-state index >= 15 is 0 Å². The summed E-state index contributed by atoms with van der Waals surface area (Å²) in [6, 6.07) is 0.182. The van der Waals surface area contributed by atoms with Crippen LogP contribution < -0.4 is 11.1 Å². The highest BCUT2D eigenvalue weighted by molar-refractivity contribution is 5.08. The SMILES string of the molecule is NC1CCCC(CNC2(C(F)(F)F)CC2)C1. The summed E-state index contributed by atoms with van der Waals surface area (Å²) in [5.74, 6) is 0.323. The monoisotopic (exact) mass is 236 g/mol. The molecular weight excluding hydrogens is 217 g/mol. The van der Waals surface area contributed by atoms with E-state index in [2.05, 4.69) is 5.32 Å². The van der Waals surface area contributed by atoms with Crippen LogP contribution in [0.25, 0.3) is 0 Å². The van der Waals surface area contributed by atoms with Gasteiger partial charge in [0, 0.05) is 6.04 Å². The number of nitrogens with one attached hydrogen (secondary N) is 1. The van der Waals surface area contributed by atoms with Crippen LogP contribution in [-0.4, -0.2) is 24.3 Å². The summed E-state index contributed by atoms with van der Waals surface area (Å²) in [6.07, 6.45) is 0.303. The molecule has 0 aromatic carbocycles. The lowest BCUT2D eigenvalue weighted by Crippen LogP contribution is -2.47. The van der Waals surface area contributed by atoms with Crippen molar-refractivity contribution < 1.29 is 13.2 Å². The van der Waals surface area contributed by atoms with E-state index in [0.717, 1.165) is 25.7 Å². The molecule has 0 spiro atoms. The van der Waals surface area contributed by atoms with Crippen molar-refractivity contribution in [1.82, 2.24) is 5.32 Å². The van der Waals surface area contributed by atoms with Crippen LogP contribution in [0.5, 0.6) is 0 Å². The van der Waals surface area contributed by atoms with E-state index in [1.165, 1.54) is 0 Å². The Kier molecular flexibility index (Phi) is 3.18. The molecule has 2 fully saturated rings. The minimum Gasteiger partial charge on any atom is -0.328 e. The molecule has 94 valence electrons. The van der Waals surface area contributed by atoms with E-state index < -0.39 is 11.7 Å². The predicted octanol–water partition coefficient (Wildman–Crippen LogP) is 2.19. The second-order valence-corrected chi connectivity index (χ2v) is 5.25. The molecule has 2 aliphatic carbocycles. The normalized spacial score (nSPS) is 33.8. The zero-order valence-corrected chi connectivity index (χ0v) is 9.32. The van der Waals surface area contributed by atoms with Gasteiger partial charge in [-0.25, -0.2) is 0 Å². The molecule has 16 heavy (non-hydrogen) atoms. The Labute approximate surface area is 93.8 Å². The molecule has 0 radical (unpaired) electrons. The molecule has 2 atom stereocenters. The van der Waals surface area contributed by atoms with Gasteiger partial charge in [0.1, 0.15) is 5.54 Å². The first kappa shape index (κ1) is 12.2. The van der Waals surface area contributed by atoms with Crippen LogP contribution in [0, 0.1) is 5.92 Å². The lowest BCUT2D eigenvalue weighted by atomic mass is 9.86. The fraction of sp³-hybridized carbons (Fsp3) is 1.00. The first-order valence-electron chi connectivity index (χ1n) is 6.00. The maximum atomic E-state index is 12.6. The van der Waals surface area contributed by atoms with Gasteiger partial charge in [0.25, 0.3) is 0 Å². The number of nitrogens with two attached hydrogens (primary N) is 1. The summed E-state index contributed by atoms with van der Waals surface area (Å²) in [6.45, 7) is 0.465. The van der Waals surface area contributed by atoms with Gasteiger partial charge >= 0.3 is 6.18 Å². The molecule has 2 nitrogen and oxygen atoms in total. The lowest BCUT2D eigenvalue weighted by Gasteiger charge is -2.29. The van der Waals surface area contributed by atoms with E-state index in [9.17, 15) is 13.2 Å². The number of rotatable bonds is 3. The second kappa shape index (κ2) is 4.18. The zero-order chi connectivity index (χ0) is 11.8. The van der Waals surface area contributed by atoms with E-state index in [-0.39, 0.29) is 18.9 Å². The summed E-state index contributed by atoms with van der Waals surface area (Å²) < 4.78 is 37.9. The Balaban J connectivity index is 1.79. The number of hydrogen-bond donors (Lipinski definition) is 2. The summed E-state index contributed by atoms with van der Waals surface area (Å²) >= 11 is 0. The fourth-order valence-corrected chi connectivity index (χ4v) is 2.54. The third-order valence-corrected chi connectivity index (χ3v) is 3.85. The Bertz CT molecular complexity index is 248. The average molecular weight is 236 g/mol. The molecule has 0 bridgehead atoms. The number of halogens is 3. The molecule has 0 aliphatic heterocycles. The van der Waals surface area contributed by atoms with Gasteiger partial charge in [-0.1, -0.05) is 6.42 Å². The van der Waals surface area contributed by atoms with Crippen molar-refractivity contribution >= 4 is 0 Å². The highest BCUT2D eigenvalue weighted by Gasteiger charge is 2.63. The number of hydrogen-bond acceptors (Lipinski definition) is 2. The van der Waals surface area contributed by atoms with E-state index in [1.54, 1.807) is 0 Å². The Morgan fingerprint density at radius 1 is 1.25 bits per heavy atom. The van der Waals surface area contributed by atoms with E-state index in [4.69, 9.17) is 5.73 Å². The molecule has 0 aromatic heterocycles. The van der Waals surface area contributed by atoms with Crippen molar-refractivity contribution in [2.24, 2.45) is 11.7 Å². The van der Waals surface area contributed by atoms with Gasteiger partial charge in [-0.2, -0.15) is 13.2 Å². The fourth-order valence-electron chi connectivity index (χ4n) is 2.54. The standard InChI is InChI=1S/C11H19F3N2/c12-11(13,14)10(4-5-10)16-7-8-2-1-3-9(15)6-8/h8-9,16H,1-7,15H2. The molecule has 0 heterocycles. The smallest absolute Gasteiger partial charge is 0.328 e. The van der Waals surface area contributed by atoms with Gasteiger partial charge in [0.15, 0.2) is 0 Å². The molecule has 2 unspecified atom stereocenters. The highest BCUT2D eigenvalue weighted by Crippen LogP contribution is 2.49. The van der Waals surface area contributed by atoms with Gasteiger partial charge in [0.2, 0.25) is 0 Å². The van der Waals surface area contributed by atoms with Crippen LogP contribution in [-0.2, 0) is 0 Å². The summed E-state index contributed by atoms with van der Waals surface area (Å²) in [4.78, 5) is 0. The molecule has 0 saturated heterocycles. The quantitative estimate of drug-likeness (QED) is 0.788. The van der Waals surface area contributed by atoms with Crippen molar-refractivity contribution in [2.45, 2.75) is 56.3 Å². The molecule has 5 heteroatoms. The maximum Gasteiger partial charge on any atom is 0.406 e. The Morgan fingerprint density at radius 3 is 2.44 bits per heavy atom. The van der Waals surface area contributed by atoms with Crippen LogP contribution in [0.2, 0.25) is 0 Å². The molecule has 3 N–H and O–H groups in total.